The van der Waals surface area contributed by atoms with Crippen LogP contribution in [-0.4, -0.2) is 21.6 Å². The molecule has 2 amide bonds. The number of nitrogens with zero attached hydrogens (tertiary/aromatic N) is 2. The third kappa shape index (κ3) is 2.79. The molecule has 4 rings (SSSR count). The average Bonchev–Trinajstić information content (AvgIpc) is 3.49. The van der Waals surface area contributed by atoms with Gasteiger partial charge in [0.25, 0.3) is 0 Å². The molecule has 6 nitrogen and oxygen atoms in total. The Balaban J connectivity index is 1.41. The summed E-state index contributed by atoms with van der Waals surface area (Å²) in [5.41, 5.74) is 1.76. The van der Waals surface area contributed by atoms with E-state index in [4.69, 9.17) is 0 Å². The first-order valence-corrected chi connectivity index (χ1v) is 8.30. The lowest BCUT2D eigenvalue weighted by Crippen LogP contribution is -2.42. The van der Waals surface area contributed by atoms with Gasteiger partial charge < -0.3 is 10.6 Å². The summed E-state index contributed by atoms with van der Waals surface area (Å²) in [5.74, 6) is -0.313. The SMILES string of the molecule is Cn1nc(NC(=O)C(=O)NC2(c3ccccc3)CC2)cc1C1CC1. The van der Waals surface area contributed by atoms with Gasteiger partial charge in [-0.2, -0.15) is 5.10 Å². The van der Waals surface area contributed by atoms with Crippen molar-refractivity contribution in [1.29, 1.82) is 0 Å². The zero-order valence-corrected chi connectivity index (χ0v) is 13.6. The second-order valence-corrected chi connectivity index (χ2v) is 6.71. The smallest absolute Gasteiger partial charge is 0.314 e. The number of rotatable bonds is 4. The minimum absolute atomic E-state index is 0.390. The lowest BCUT2D eigenvalue weighted by molar-refractivity contribution is -0.136. The molecule has 0 saturated heterocycles. The number of carbonyl (C=O) groups is 2. The van der Waals surface area contributed by atoms with Crippen LogP contribution in [0, 0.1) is 0 Å². The number of amides is 2. The number of hydrogen-bond donors (Lipinski definition) is 2. The highest BCUT2D eigenvalue weighted by atomic mass is 16.2. The summed E-state index contributed by atoms with van der Waals surface area (Å²) in [7, 11) is 1.86. The Labute approximate surface area is 140 Å². The molecule has 124 valence electrons. The fourth-order valence-electron chi connectivity index (χ4n) is 3.12. The minimum Gasteiger partial charge on any atom is -0.338 e. The molecule has 2 N–H and O–H groups in total. The maximum atomic E-state index is 12.3. The number of benzene rings is 1. The zero-order valence-electron chi connectivity index (χ0n) is 13.6. The average molecular weight is 324 g/mol. The van der Waals surface area contributed by atoms with Crippen LogP contribution in [0.2, 0.25) is 0 Å². The molecule has 0 unspecified atom stereocenters. The van der Waals surface area contributed by atoms with E-state index in [2.05, 4.69) is 15.7 Å². The topological polar surface area (TPSA) is 76.0 Å². The highest BCUT2D eigenvalue weighted by Gasteiger charge is 2.46. The summed E-state index contributed by atoms with van der Waals surface area (Å²) in [6, 6.07) is 11.6. The van der Waals surface area contributed by atoms with E-state index >= 15 is 0 Å². The molecule has 0 atom stereocenters. The molecular weight excluding hydrogens is 304 g/mol. The van der Waals surface area contributed by atoms with E-state index in [1.54, 1.807) is 4.68 Å². The van der Waals surface area contributed by atoms with Crippen LogP contribution in [0.25, 0.3) is 0 Å². The van der Waals surface area contributed by atoms with Crippen molar-refractivity contribution in [3.8, 4) is 0 Å². The van der Waals surface area contributed by atoms with Crippen LogP contribution in [0.1, 0.15) is 42.9 Å². The number of carbonyl (C=O) groups excluding carboxylic acids is 2. The first kappa shape index (κ1) is 14.9. The van der Waals surface area contributed by atoms with Gasteiger partial charge >= 0.3 is 11.8 Å². The molecule has 0 bridgehead atoms. The fourth-order valence-corrected chi connectivity index (χ4v) is 3.12. The highest BCUT2D eigenvalue weighted by Crippen LogP contribution is 2.45. The van der Waals surface area contributed by atoms with E-state index in [0.717, 1.165) is 36.9 Å². The Hall–Kier alpha value is -2.63. The largest absolute Gasteiger partial charge is 0.338 e. The van der Waals surface area contributed by atoms with Crippen LogP contribution in [-0.2, 0) is 22.2 Å². The summed E-state index contributed by atoms with van der Waals surface area (Å²) in [4.78, 5) is 24.4. The van der Waals surface area contributed by atoms with Crippen molar-refractivity contribution in [2.75, 3.05) is 5.32 Å². The van der Waals surface area contributed by atoms with Crippen molar-refractivity contribution < 1.29 is 9.59 Å². The van der Waals surface area contributed by atoms with Crippen molar-refractivity contribution in [2.45, 2.75) is 37.1 Å². The number of anilines is 1. The standard InChI is InChI=1S/C18H20N4O2/c1-22-14(12-7-8-12)11-15(21-22)19-16(23)17(24)20-18(9-10-18)13-5-3-2-4-6-13/h2-6,11-12H,7-10H2,1H3,(H,20,24)(H,19,21,23). The van der Waals surface area contributed by atoms with Gasteiger partial charge in [0, 0.05) is 24.7 Å². The van der Waals surface area contributed by atoms with E-state index in [1.807, 2.05) is 43.4 Å². The second kappa shape index (κ2) is 5.47. The van der Waals surface area contributed by atoms with Gasteiger partial charge in [-0.15, -0.1) is 0 Å². The first-order valence-electron chi connectivity index (χ1n) is 8.30. The summed E-state index contributed by atoms with van der Waals surface area (Å²) in [5, 5.41) is 9.75. The Bertz CT molecular complexity index is 789. The summed E-state index contributed by atoms with van der Waals surface area (Å²) in [6.07, 6.45) is 4.02. The van der Waals surface area contributed by atoms with Crippen LogP contribution in [0.15, 0.2) is 36.4 Å². The second-order valence-electron chi connectivity index (χ2n) is 6.71. The number of aryl methyl sites for hydroxylation is 1. The third-order valence-electron chi connectivity index (χ3n) is 4.79. The lowest BCUT2D eigenvalue weighted by atomic mass is 10.1. The number of hydrogen-bond acceptors (Lipinski definition) is 3. The quantitative estimate of drug-likeness (QED) is 0.845. The van der Waals surface area contributed by atoms with Crippen molar-refractivity contribution >= 4 is 17.6 Å². The Kier molecular flexibility index (Phi) is 3.40. The molecule has 1 aromatic carbocycles. The lowest BCUT2D eigenvalue weighted by Gasteiger charge is -2.17. The molecule has 2 saturated carbocycles. The normalized spacial score (nSPS) is 18.0. The highest BCUT2D eigenvalue weighted by molar-refractivity contribution is 6.39. The molecule has 2 aliphatic carbocycles. The number of nitrogens with one attached hydrogen (secondary N) is 2. The Morgan fingerprint density at radius 3 is 2.50 bits per heavy atom. The molecule has 2 aromatic rings. The van der Waals surface area contributed by atoms with Crippen molar-refractivity contribution in [2.24, 2.45) is 7.05 Å². The van der Waals surface area contributed by atoms with Crippen molar-refractivity contribution in [1.82, 2.24) is 15.1 Å². The van der Waals surface area contributed by atoms with Crippen molar-refractivity contribution in [3.63, 3.8) is 0 Å². The maximum Gasteiger partial charge on any atom is 0.314 e. The summed E-state index contributed by atoms with van der Waals surface area (Å²) in [6.45, 7) is 0. The fraction of sp³-hybridized carbons (Fsp3) is 0.389. The molecule has 1 aromatic heterocycles. The van der Waals surface area contributed by atoms with Crippen LogP contribution in [0.4, 0.5) is 5.82 Å². The van der Waals surface area contributed by atoms with Crippen molar-refractivity contribution in [3.05, 3.63) is 47.7 Å². The molecule has 1 heterocycles. The molecule has 24 heavy (non-hydrogen) atoms. The van der Waals surface area contributed by atoms with Gasteiger partial charge in [-0.25, -0.2) is 0 Å². The van der Waals surface area contributed by atoms with Gasteiger partial charge in [0.15, 0.2) is 5.82 Å². The van der Waals surface area contributed by atoms with Crippen LogP contribution >= 0.6 is 0 Å². The number of aromatic nitrogens is 2. The summed E-state index contributed by atoms with van der Waals surface area (Å²) >= 11 is 0. The molecule has 2 fully saturated rings. The van der Waals surface area contributed by atoms with Crippen LogP contribution < -0.4 is 10.6 Å². The first-order chi connectivity index (χ1) is 11.6. The van der Waals surface area contributed by atoms with Gasteiger partial charge in [0.2, 0.25) is 0 Å². The molecule has 0 radical (unpaired) electrons. The van der Waals surface area contributed by atoms with E-state index in [9.17, 15) is 9.59 Å². The Morgan fingerprint density at radius 1 is 1.17 bits per heavy atom. The van der Waals surface area contributed by atoms with E-state index in [1.165, 1.54) is 0 Å². The van der Waals surface area contributed by atoms with Crippen LogP contribution in [0.3, 0.4) is 0 Å². The van der Waals surface area contributed by atoms with Gasteiger partial charge in [0.05, 0.1) is 5.54 Å². The van der Waals surface area contributed by atoms with Gasteiger partial charge in [-0.3, -0.25) is 14.3 Å². The molecule has 6 heteroatoms. The van der Waals surface area contributed by atoms with Gasteiger partial charge in [0.1, 0.15) is 0 Å². The van der Waals surface area contributed by atoms with E-state index in [-0.39, 0.29) is 5.54 Å². The van der Waals surface area contributed by atoms with Gasteiger partial charge in [-0.05, 0) is 31.2 Å². The predicted molar refractivity (Wildman–Crippen MR) is 89.3 cm³/mol. The monoisotopic (exact) mass is 324 g/mol. The van der Waals surface area contributed by atoms with E-state index in [0.29, 0.717) is 11.7 Å². The summed E-state index contributed by atoms with van der Waals surface area (Å²) < 4.78 is 1.78. The predicted octanol–water partition coefficient (Wildman–Crippen LogP) is 2.04. The minimum atomic E-state index is -0.669. The molecular formula is C18H20N4O2. The maximum absolute atomic E-state index is 12.3. The van der Waals surface area contributed by atoms with E-state index < -0.39 is 11.8 Å². The molecule has 2 aliphatic rings. The van der Waals surface area contributed by atoms with Crippen LogP contribution in [0.5, 0.6) is 0 Å². The van der Waals surface area contributed by atoms with Gasteiger partial charge in [-0.1, -0.05) is 30.3 Å². The zero-order chi connectivity index (χ0) is 16.7. The third-order valence-corrected chi connectivity index (χ3v) is 4.79. The molecule has 0 aliphatic heterocycles. The molecule has 0 spiro atoms. The Morgan fingerprint density at radius 2 is 1.88 bits per heavy atom.